The van der Waals surface area contributed by atoms with Crippen LogP contribution < -0.4 is 5.32 Å². The van der Waals surface area contributed by atoms with Crippen molar-refractivity contribution in [2.75, 3.05) is 11.6 Å². The second kappa shape index (κ2) is 6.41. The molecule has 2 rings (SSSR count). The number of halogens is 1. The van der Waals surface area contributed by atoms with E-state index < -0.39 is 9.84 Å². The largest absolute Gasteiger partial charge is 0.326 e. The third kappa shape index (κ3) is 4.68. The number of carbonyl (C=O) groups excluding carboxylic acids is 1. The summed E-state index contributed by atoms with van der Waals surface area (Å²) >= 11 is 3.34. The van der Waals surface area contributed by atoms with Gasteiger partial charge in [-0.25, -0.2) is 8.42 Å². The third-order valence-electron chi connectivity index (χ3n) is 2.82. The summed E-state index contributed by atoms with van der Waals surface area (Å²) in [7, 11) is -3.21. The predicted molar refractivity (Wildman–Crippen MR) is 86.0 cm³/mol. The number of hydrogen-bond donors (Lipinski definition) is 1. The van der Waals surface area contributed by atoms with Gasteiger partial charge >= 0.3 is 0 Å². The SMILES string of the molecule is CS(=O)(=O)c1ccc(CC(=O)Nc2cccc(Br)c2)cc1. The lowest BCUT2D eigenvalue weighted by Gasteiger charge is -2.06. The highest BCUT2D eigenvalue weighted by Gasteiger charge is 2.08. The van der Waals surface area contributed by atoms with Gasteiger partial charge in [0.25, 0.3) is 0 Å². The van der Waals surface area contributed by atoms with Crippen LogP contribution in [0, 0.1) is 0 Å². The second-order valence-corrected chi connectivity index (χ2v) is 7.58. The van der Waals surface area contributed by atoms with Gasteiger partial charge in [0.1, 0.15) is 0 Å². The summed E-state index contributed by atoms with van der Waals surface area (Å²) in [5.41, 5.74) is 1.47. The van der Waals surface area contributed by atoms with Crippen LogP contribution in [0.2, 0.25) is 0 Å². The Kier molecular flexibility index (Phi) is 4.80. The summed E-state index contributed by atoms with van der Waals surface area (Å²) in [4.78, 5) is 12.2. The Morgan fingerprint density at radius 2 is 1.81 bits per heavy atom. The van der Waals surface area contributed by atoms with Crippen molar-refractivity contribution in [1.82, 2.24) is 0 Å². The Bertz CT molecular complexity index is 755. The fraction of sp³-hybridized carbons (Fsp3) is 0.133. The Morgan fingerprint density at radius 1 is 1.14 bits per heavy atom. The number of anilines is 1. The fourth-order valence-corrected chi connectivity index (χ4v) is 2.84. The molecular weight excluding hydrogens is 354 g/mol. The number of nitrogens with one attached hydrogen (secondary N) is 1. The molecule has 0 unspecified atom stereocenters. The van der Waals surface area contributed by atoms with E-state index in [0.717, 1.165) is 16.3 Å². The lowest BCUT2D eigenvalue weighted by molar-refractivity contribution is -0.115. The second-order valence-electron chi connectivity index (χ2n) is 4.65. The molecule has 0 aliphatic rings. The van der Waals surface area contributed by atoms with Crippen LogP contribution in [0.5, 0.6) is 0 Å². The van der Waals surface area contributed by atoms with Crippen molar-refractivity contribution in [3.63, 3.8) is 0 Å². The van der Waals surface area contributed by atoms with Crippen LogP contribution in [0.1, 0.15) is 5.56 Å². The third-order valence-corrected chi connectivity index (χ3v) is 4.45. The van der Waals surface area contributed by atoms with Gasteiger partial charge < -0.3 is 5.32 Å². The maximum absolute atomic E-state index is 11.9. The molecule has 0 aliphatic heterocycles. The normalized spacial score (nSPS) is 11.1. The molecule has 0 radical (unpaired) electrons. The molecule has 21 heavy (non-hydrogen) atoms. The summed E-state index contributed by atoms with van der Waals surface area (Å²) in [6, 6.07) is 13.6. The highest BCUT2D eigenvalue weighted by atomic mass is 79.9. The highest BCUT2D eigenvalue weighted by molar-refractivity contribution is 9.10. The Balaban J connectivity index is 2.03. The Hall–Kier alpha value is -1.66. The number of amides is 1. The van der Waals surface area contributed by atoms with Crippen LogP contribution in [-0.2, 0) is 21.1 Å². The van der Waals surface area contributed by atoms with Crippen molar-refractivity contribution in [3.8, 4) is 0 Å². The van der Waals surface area contributed by atoms with E-state index in [-0.39, 0.29) is 17.2 Å². The fourth-order valence-electron chi connectivity index (χ4n) is 1.81. The van der Waals surface area contributed by atoms with E-state index in [9.17, 15) is 13.2 Å². The topological polar surface area (TPSA) is 63.2 Å². The van der Waals surface area contributed by atoms with Crippen molar-refractivity contribution in [2.24, 2.45) is 0 Å². The van der Waals surface area contributed by atoms with E-state index in [2.05, 4.69) is 21.2 Å². The lowest BCUT2D eigenvalue weighted by atomic mass is 10.1. The summed E-state index contributed by atoms with van der Waals surface area (Å²) in [5.74, 6) is -0.153. The van der Waals surface area contributed by atoms with Gasteiger partial charge in [-0.3, -0.25) is 4.79 Å². The van der Waals surface area contributed by atoms with Gasteiger partial charge in [-0.2, -0.15) is 0 Å². The van der Waals surface area contributed by atoms with Gasteiger partial charge in [-0.1, -0.05) is 34.1 Å². The first kappa shape index (κ1) is 15.7. The zero-order chi connectivity index (χ0) is 15.5. The van der Waals surface area contributed by atoms with E-state index in [0.29, 0.717) is 5.69 Å². The summed E-state index contributed by atoms with van der Waals surface area (Å²) in [6.45, 7) is 0. The van der Waals surface area contributed by atoms with E-state index in [4.69, 9.17) is 0 Å². The van der Waals surface area contributed by atoms with Gasteiger partial charge in [-0.05, 0) is 35.9 Å². The van der Waals surface area contributed by atoms with Crippen molar-refractivity contribution in [3.05, 3.63) is 58.6 Å². The molecule has 6 heteroatoms. The first-order valence-corrected chi connectivity index (χ1v) is 8.87. The number of sulfone groups is 1. The predicted octanol–water partition coefficient (Wildman–Crippen LogP) is 3.03. The average molecular weight is 368 g/mol. The molecule has 0 saturated heterocycles. The standard InChI is InChI=1S/C15H14BrNO3S/c1-21(19,20)14-7-5-11(6-8-14)9-15(18)17-13-4-2-3-12(16)10-13/h2-8,10H,9H2,1H3,(H,17,18). The van der Waals surface area contributed by atoms with Crippen molar-refractivity contribution in [1.29, 1.82) is 0 Å². The first-order chi connectivity index (χ1) is 9.84. The Morgan fingerprint density at radius 3 is 2.38 bits per heavy atom. The molecule has 110 valence electrons. The highest BCUT2D eigenvalue weighted by Crippen LogP contribution is 2.16. The number of benzene rings is 2. The molecule has 0 saturated carbocycles. The van der Waals surface area contributed by atoms with Gasteiger partial charge in [-0.15, -0.1) is 0 Å². The average Bonchev–Trinajstić information content (AvgIpc) is 2.38. The molecule has 1 N–H and O–H groups in total. The van der Waals surface area contributed by atoms with Gasteiger partial charge in [0.15, 0.2) is 9.84 Å². The first-order valence-electron chi connectivity index (χ1n) is 6.19. The van der Waals surface area contributed by atoms with Gasteiger partial charge in [0.2, 0.25) is 5.91 Å². The van der Waals surface area contributed by atoms with E-state index in [1.807, 2.05) is 18.2 Å². The number of hydrogen-bond acceptors (Lipinski definition) is 3. The van der Waals surface area contributed by atoms with E-state index in [1.165, 1.54) is 12.1 Å². The molecule has 2 aromatic carbocycles. The van der Waals surface area contributed by atoms with E-state index in [1.54, 1.807) is 18.2 Å². The quantitative estimate of drug-likeness (QED) is 0.902. The molecule has 1 amide bonds. The maximum Gasteiger partial charge on any atom is 0.228 e. The van der Waals surface area contributed by atoms with E-state index >= 15 is 0 Å². The minimum atomic E-state index is -3.21. The molecule has 0 heterocycles. The number of rotatable bonds is 4. The molecule has 4 nitrogen and oxygen atoms in total. The number of carbonyl (C=O) groups is 1. The molecule has 0 fully saturated rings. The zero-order valence-corrected chi connectivity index (χ0v) is 13.7. The lowest BCUT2D eigenvalue weighted by Crippen LogP contribution is -2.14. The minimum absolute atomic E-state index is 0.153. The van der Waals surface area contributed by atoms with Crippen LogP contribution in [0.3, 0.4) is 0 Å². The van der Waals surface area contributed by atoms with Crippen molar-refractivity contribution >= 4 is 37.4 Å². The minimum Gasteiger partial charge on any atom is -0.326 e. The molecule has 0 bridgehead atoms. The summed E-state index contributed by atoms with van der Waals surface area (Å²) in [6.07, 6.45) is 1.35. The molecule has 0 atom stereocenters. The van der Waals surface area contributed by atoms with Crippen LogP contribution >= 0.6 is 15.9 Å². The summed E-state index contributed by atoms with van der Waals surface area (Å²) < 4.78 is 23.6. The van der Waals surface area contributed by atoms with Crippen molar-refractivity contribution < 1.29 is 13.2 Å². The molecule has 2 aromatic rings. The molecule has 0 spiro atoms. The van der Waals surface area contributed by atoms with Crippen molar-refractivity contribution in [2.45, 2.75) is 11.3 Å². The Labute approximate surface area is 132 Å². The van der Waals surface area contributed by atoms with Crippen LogP contribution in [-0.4, -0.2) is 20.6 Å². The van der Waals surface area contributed by atoms with Crippen LogP contribution in [0.25, 0.3) is 0 Å². The molecule has 0 aliphatic carbocycles. The smallest absolute Gasteiger partial charge is 0.228 e. The molecule has 0 aromatic heterocycles. The monoisotopic (exact) mass is 367 g/mol. The zero-order valence-electron chi connectivity index (χ0n) is 11.3. The summed E-state index contributed by atoms with van der Waals surface area (Å²) in [5, 5.41) is 2.79. The maximum atomic E-state index is 11.9. The van der Waals surface area contributed by atoms with Crippen LogP contribution in [0.4, 0.5) is 5.69 Å². The molecular formula is C15H14BrNO3S. The van der Waals surface area contributed by atoms with Gasteiger partial charge in [0.05, 0.1) is 11.3 Å². The van der Waals surface area contributed by atoms with Crippen LogP contribution in [0.15, 0.2) is 57.9 Å². The van der Waals surface area contributed by atoms with Gasteiger partial charge in [0, 0.05) is 16.4 Å².